The van der Waals surface area contributed by atoms with E-state index in [1.54, 1.807) is 47.0 Å². The van der Waals surface area contributed by atoms with Crippen molar-refractivity contribution in [1.82, 2.24) is 9.88 Å². The Morgan fingerprint density at radius 2 is 1.72 bits per heavy atom. The molecule has 0 spiro atoms. The highest BCUT2D eigenvalue weighted by atomic mass is 16.5. The van der Waals surface area contributed by atoms with Gasteiger partial charge in [-0.1, -0.05) is 55.3 Å². The number of fused-ring (bicyclic) bond motifs is 1. The summed E-state index contributed by atoms with van der Waals surface area (Å²) in [6.07, 6.45) is 5.71. The number of hydrogen-bond donors (Lipinski definition) is 1. The maximum Gasteiger partial charge on any atom is 0.333 e. The monoisotopic (exact) mass is 483 g/mol. The molecule has 0 bridgehead atoms. The van der Waals surface area contributed by atoms with Gasteiger partial charge in [0.1, 0.15) is 5.56 Å². The summed E-state index contributed by atoms with van der Waals surface area (Å²) >= 11 is 0. The molecule has 36 heavy (non-hydrogen) atoms. The zero-order chi connectivity index (χ0) is 25.5. The van der Waals surface area contributed by atoms with Gasteiger partial charge in [0.15, 0.2) is 6.04 Å². The molecule has 1 heterocycles. The van der Waals surface area contributed by atoms with Crippen molar-refractivity contribution in [1.29, 1.82) is 5.26 Å². The molecule has 0 saturated heterocycles. The van der Waals surface area contributed by atoms with Crippen LogP contribution in [0.2, 0.25) is 0 Å². The molecular weight excluding hydrogens is 454 g/mol. The maximum absolute atomic E-state index is 13.7. The highest BCUT2D eigenvalue weighted by Gasteiger charge is 2.27. The molecule has 7 nitrogen and oxygen atoms in total. The maximum atomic E-state index is 13.7. The molecule has 2 aromatic carbocycles. The van der Waals surface area contributed by atoms with Crippen LogP contribution in [0.1, 0.15) is 70.0 Å². The number of nitrogens with one attached hydrogen (secondary N) is 1. The Morgan fingerprint density at radius 3 is 2.39 bits per heavy atom. The number of hydrogen-bond acceptors (Lipinski definition) is 5. The average molecular weight is 484 g/mol. The number of aryl methyl sites for hydroxylation is 1. The first-order chi connectivity index (χ1) is 17.5. The Morgan fingerprint density at radius 1 is 1.03 bits per heavy atom. The largest absolute Gasteiger partial charge is 0.467 e. The predicted molar refractivity (Wildman–Crippen MR) is 136 cm³/mol. The molecule has 1 aliphatic rings. The van der Waals surface area contributed by atoms with Gasteiger partial charge in [0.05, 0.1) is 25.3 Å². The van der Waals surface area contributed by atoms with Crippen LogP contribution < -0.4 is 10.9 Å². The molecule has 184 valence electrons. The smallest absolute Gasteiger partial charge is 0.333 e. The highest BCUT2D eigenvalue weighted by molar-refractivity contribution is 5.97. The van der Waals surface area contributed by atoms with Crippen molar-refractivity contribution in [3.05, 3.63) is 105 Å². The van der Waals surface area contributed by atoms with Gasteiger partial charge in [-0.15, -0.1) is 0 Å². The Labute approximate surface area is 210 Å². The topological polar surface area (TPSA) is 101 Å². The van der Waals surface area contributed by atoms with E-state index >= 15 is 0 Å². The fourth-order valence-electron chi connectivity index (χ4n) is 4.68. The van der Waals surface area contributed by atoms with Crippen LogP contribution in [0.15, 0.2) is 65.5 Å². The molecule has 0 unspecified atom stereocenters. The van der Waals surface area contributed by atoms with E-state index in [0.717, 1.165) is 55.3 Å². The number of methoxy groups -OCH3 is 1. The number of nitrogens with zero attached hydrogens (tertiary/aromatic N) is 2. The summed E-state index contributed by atoms with van der Waals surface area (Å²) in [5.41, 5.74) is 3.54. The van der Waals surface area contributed by atoms with Crippen molar-refractivity contribution in [2.75, 3.05) is 7.11 Å². The van der Waals surface area contributed by atoms with E-state index in [9.17, 15) is 14.4 Å². The van der Waals surface area contributed by atoms with Gasteiger partial charge >= 0.3 is 5.97 Å². The molecule has 4 rings (SSSR count). The molecule has 3 aromatic rings. The zero-order valence-electron chi connectivity index (χ0n) is 20.3. The number of rotatable bonds is 6. The molecular formula is C29H29N3O4. The summed E-state index contributed by atoms with van der Waals surface area (Å²) in [6.45, 7) is 0.299. The third kappa shape index (κ3) is 5.55. The second kappa shape index (κ2) is 11.5. The molecule has 0 aliphatic heterocycles. The number of benzene rings is 2. The van der Waals surface area contributed by atoms with E-state index in [4.69, 9.17) is 10.00 Å². The lowest BCUT2D eigenvalue weighted by molar-refractivity contribution is -0.143. The zero-order valence-corrected chi connectivity index (χ0v) is 20.3. The molecule has 7 heteroatoms. The number of aromatic nitrogens is 1. The van der Waals surface area contributed by atoms with E-state index in [1.807, 2.05) is 18.2 Å². The van der Waals surface area contributed by atoms with E-state index < -0.39 is 23.5 Å². The summed E-state index contributed by atoms with van der Waals surface area (Å²) < 4.78 is 6.60. The van der Waals surface area contributed by atoms with Gasteiger partial charge < -0.3 is 14.6 Å². The fourth-order valence-corrected chi connectivity index (χ4v) is 4.68. The number of carbonyl (C=O) groups is 2. The van der Waals surface area contributed by atoms with Crippen molar-refractivity contribution >= 4 is 11.9 Å². The highest BCUT2D eigenvalue weighted by Crippen LogP contribution is 2.22. The first kappa shape index (κ1) is 24.9. The normalized spacial score (nSPS) is 13.9. The van der Waals surface area contributed by atoms with E-state index in [2.05, 4.69) is 11.4 Å². The first-order valence-corrected chi connectivity index (χ1v) is 12.2. The number of nitriles is 1. The second-order valence-corrected chi connectivity index (χ2v) is 8.98. The van der Waals surface area contributed by atoms with Gasteiger partial charge in [-0.05, 0) is 60.6 Å². The number of carbonyl (C=O) groups excluding carboxylic acids is 2. The Balaban J connectivity index is 1.75. The van der Waals surface area contributed by atoms with Crippen molar-refractivity contribution in [3.8, 4) is 6.07 Å². The van der Waals surface area contributed by atoms with Crippen LogP contribution in [0, 0.1) is 11.3 Å². The van der Waals surface area contributed by atoms with Crippen LogP contribution in [0.3, 0.4) is 0 Å². The average Bonchev–Trinajstić information content (AvgIpc) is 2.90. The molecule has 1 aliphatic carbocycles. The van der Waals surface area contributed by atoms with Gasteiger partial charge in [0.25, 0.3) is 11.5 Å². The fraction of sp³-hybridized carbons (Fsp3) is 0.310. The molecule has 1 N–H and O–H groups in total. The summed E-state index contributed by atoms with van der Waals surface area (Å²) in [5.74, 6) is -1.23. The van der Waals surface area contributed by atoms with E-state index in [0.29, 0.717) is 17.7 Å². The molecule has 1 amide bonds. The second-order valence-electron chi connectivity index (χ2n) is 8.98. The molecule has 1 atom stereocenters. The van der Waals surface area contributed by atoms with Gasteiger partial charge in [0, 0.05) is 5.69 Å². The van der Waals surface area contributed by atoms with Gasteiger partial charge in [0.2, 0.25) is 0 Å². The predicted octanol–water partition coefficient (Wildman–Crippen LogP) is 4.07. The quantitative estimate of drug-likeness (QED) is 0.533. The standard InChI is InChI=1S/C29H29N3O4/c1-36-29(35)26(22-9-6-4-7-10-22)31-27(33)24-17-23-11-5-2-3-8-12-25(23)32(28(24)34)19-21-15-13-20(18-30)14-16-21/h4,6-7,9-10,13-17,26H,2-3,5,8,11-12,19H2,1H3,(H,31,33)/t26-/m1/s1. The summed E-state index contributed by atoms with van der Waals surface area (Å²) in [6, 6.07) is 18.7. The lowest BCUT2D eigenvalue weighted by Gasteiger charge is -2.22. The first-order valence-electron chi connectivity index (χ1n) is 12.2. The van der Waals surface area contributed by atoms with Crippen LogP contribution in [-0.4, -0.2) is 23.6 Å². The van der Waals surface area contributed by atoms with Crippen molar-refractivity contribution in [3.63, 3.8) is 0 Å². The van der Waals surface area contributed by atoms with Crippen LogP contribution in [0.5, 0.6) is 0 Å². The minimum Gasteiger partial charge on any atom is -0.467 e. The van der Waals surface area contributed by atoms with Crippen LogP contribution in [0.4, 0.5) is 0 Å². The number of ether oxygens (including phenoxy) is 1. The van der Waals surface area contributed by atoms with E-state index in [1.165, 1.54) is 7.11 Å². The van der Waals surface area contributed by atoms with Crippen molar-refractivity contribution in [2.24, 2.45) is 0 Å². The van der Waals surface area contributed by atoms with E-state index in [-0.39, 0.29) is 5.56 Å². The Hall–Kier alpha value is -4.18. The lowest BCUT2D eigenvalue weighted by atomic mass is 9.95. The van der Waals surface area contributed by atoms with Gasteiger partial charge in [-0.2, -0.15) is 5.26 Å². The van der Waals surface area contributed by atoms with Gasteiger partial charge in [-0.3, -0.25) is 9.59 Å². The minimum atomic E-state index is -1.03. The summed E-state index contributed by atoms with van der Waals surface area (Å²) in [5, 5.41) is 11.8. The lowest BCUT2D eigenvalue weighted by Crippen LogP contribution is -2.39. The number of esters is 1. The van der Waals surface area contributed by atoms with Crippen LogP contribution in [-0.2, 0) is 28.9 Å². The molecule has 0 saturated carbocycles. The van der Waals surface area contributed by atoms with Gasteiger partial charge in [-0.25, -0.2) is 4.79 Å². The van der Waals surface area contributed by atoms with Crippen LogP contribution in [0.25, 0.3) is 0 Å². The Kier molecular flexibility index (Phi) is 7.96. The Bertz CT molecular complexity index is 1340. The molecule has 0 radical (unpaired) electrons. The summed E-state index contributed by atoms with van der Waals surface area (Å²) in [4.78, 5) is 39.6. The van der Waals surface area contributed by atoms with Crippen molar-refractivity contribution in [2.45, 2.75) is 51.1 Å². The SMILES string of the molecule is COC(=O)[C@H](NC(=O)c1cc2c(n(Cc3ccc(C#N)cc3)c1=O)CCCCCC2)c1ccccc1. The third-order valence-electron chi connectivity index (χ3n) is 6.61. The summed E-state index contributed by atoms with van der Waals surface area (Å²) in [7, 11) is 1.26. The number of pyridine rings is 1. The molecule has 1 aromatic heterocycles. The third-order valence-corrected chi connectivity index (χ3v) is 6.61. The number of amides is 1. The minimum absolute atomic E-state index is 0.00722. The van der Waals surface area contributed by atoms with Crippen molar-refractivity contribution < 1.29 is 14.3 Å². The van der Waals surface area contributed by atoms with Crippen LogP contribution >= 0.6 is 0 Å². The molecule has 0 fully saturated rings.